The molecule has 0 fully saturated rings. The van der Waals surface area contributed by atoms with E-state index < -0.39 is 0 Å². The first-order valence-corrected chi connectivity index (χ1v) is 5.36. The molecule has 0 aliphatic heterocycles. The first-order chi connectivity index (χ1) is 8.24. The summed E-state index contributed by atoms with van der Waals surface area (Å²) in [4.78, 5) is 2.79. The molecule has 0 aliphatic rings. The van der Waals surface area contributed by atoms with Crippen LogP contribution >= 0.6 is 0 Å². The molecule has 2 heterocycles. The van der Waals surface area contributed by atoms with Gasteiger partial charge in [0, 0.05) is 16.2 Å². The SMILES string of the molecule is CC(C)c1[nH]nc(-c2ccco2)c1CN=[N+]=[N-]. The number of azide groups is 1. The van der Waals surface area contributed by atoms with Crippen molar-refractivity contribution < 1.29 is 4.42 Å². The van der Waals surface area contributed by atoms with E-state index in [-0.39, 0.29) is 12.5 Å². The minimum absolute atomic E-state index is 0.274. The largest absolute Gasteiger partial charge is 0.463 e. The molecule has 0 unspecified atom stereocenters. The maximum atomic E-state index is 8.42. The highest BCUT2D eigenvalue weighted by Crippen LogP contribution is 2.28. The lowest BCUT2D eigenvalue weighted by atomic mass is 10.0. The molecule has 0 aliphatic carbocycles. The van der Waals surface area contributed by atoms with Gasteiger partial charge >= 0.3 is 0 Å². The molecule has 1 N–H and O–H groups in total. The molecule has 0 bridgehead atoms. The van der Waals surface area contributed by atoms with Crippen LogP contribution in [0.5, 0.6) is 0 Å². The molecule has 0 saturated carbocycles. The first-order valence-electron chi connectivity index (χ1n) is 5.36. The van der Waals surface area contributed by atoms with Gasteiger partial charge in [-0.05, 0) is 23.6 Å². The topological polar surface area (TPSA) is 90.6 Å². The van der Waals surface area contributed by atoms with E-state index in [0.29, 0.717) is 11.5 Å². The fraction of sp³-hybridized carbons (Fsp3) is 0.364. The summed E-state index contributed by atoms with van der Waals surface area (Å²) in [5.41, 5.74) is 11.0. The van der Waals surface area contributed by atoms with E-state index in [1.54, 1.807) is 12.3 Å². The average molecular weight is 231 g/mol. The number of rotatable bonds is 4. The highest BCUT2D eigenvalue weighted by Gasteiger charge is 2.17. The van der Waals surface area contributed by atoms with Crippen molar-refractivity contribution in [3.63, 3.8) is 0 Å². The van der Waals surface area contributed by atoms with Crippen molar-refractivity contribution in [2.24, 2.45) is 5.11 Å². The van der Waals surface area contributed by atoms with Crippen molar-refractivity contribution in [3.05, 3.63) is 40.1 Å². The third-order valence-electron chi connectivity index (χ3n) is 2.52. The summed E-state index contributed by atoms with van der Waals surface area (Å²) < 4.78 is 5.32. The minimum Gasteiger partial charge on any atom is -0.463 e. The Balaban J connectivity index is 2.48. The van der Waals surface area contributed by atoms with E-state index in [2.05, 4.69) is 34.1 Å². The maximum absolute atomic E-state index is 8.42. The predicted molar refractivity (Wildman–Crippen MR) is 63.2 cm³/mol. The molecule has 2 aromatic rings. The molecular formula is C11H13N5O. The van der Waals surface area contributed by atoms with Crippen LogP contribution in [0.2, 0.25) is 0 Å². The maximum Gasteiger partial charge on any atom is 0.154 e. The number of nitrogens with one attached hydrogen (secondary N) is 1. The second kappa shape index (κ2) is 4.76. The van der Waals surface area contributed by atoms with Gasteiger partial charge in [-0.2, -0.15) is 5.10 Å². The van der Waals surface area contributed by atoms with E-state index in [4.69, 9.17) is 9.95 Å². The third kappa shape index (κ3) is 2.16. The van der Waals surface area contributed by atoms with Crippen molar-refractivity contribution in [1.29, 1.82) is 0 Å². The van der Waals surface area contributed by atoms with E-state index in [1.807, 2.05) is 6.07 Å². The second-order valence-corrected chi connectivity index (χ2v) is 3.99. The van der Waals surface area contributed by atoms with Crippen LogP contribution in [0, 0.1) is 0 Å². The first kappa shape index (κ1) is 11.3. The standard InChI is InChI=1S/C11H13N5O/c1-7(2)10-8(6-13-16-12)11(15-14-10)9-4-3-5-17-9/h3-5,7H,6H2,1-2H3,(H,14,15). The molecule has 0 saturated heterocycles. The lowest BCUT2D eigenvalue weighted by molar-refractivity contribution is 0.579. The van der Waals surface area contributed by atoms with Gasteiger partial charge in [0.1, 0.15) is 5.69 Å². The Bertz CT molecular complexity index is 534. The number of H-pyrrole nitrogens is 1. The summed E-state index contributed by atoms with van der Waals surface area (Å²) in [6.45, 7) is 4.38. The molecule has 17 heavy (non-hydrogen) atoms. The summed E-state index contributed by atoms with van der Waals surface area (Å²) in [5, 5.41) is 10.8. The van der Waals surface area contributed by atoms with Crippen LogP contribution in [0.4, 0.5) is 0 Å². The van der Waals surface area contributed by atoms with Gasteiger partial charge in [0.2, 0.25) is 0 Å². The van der Waals surface area contributed by atoms with Crippen molar-refractivity contribution in [2.75, 3.05) is 0 Å². The smallest absolute Gasteiger partial charge is 0.154 e. The van der Waals surface area contributed by atoms with E-state index >= 15 is 0 Å². The summed E-state index contributed by atoms with van der Waals surface area (Å²) in [5.74, 6) is 0.964. The molecule has 0 atom stereocenters. The van der Waals surface area contributed by atoms with Gasteiger partial charge in [-0.1, -0.05) is 19.0 Å². The Hall–Kier alpha value is -2.20. The zero-order valence-corrected chi connectivity index (χ0v) is 9.71. The molecule has 0 aromatic carbocycles. The van der Waals surface area contributed by atoms with Crippen LogP contribution in [0.25, 0.3) is 21.9 Å². The Kier molecular flexibility index (Phi) is 3.16. The summed E-state index contributed by atoms with van der Waals surface area (Å²) in [6.07, 6.45) is 1.59. The fourth-order valence-electron chi connectivity index (χ4n) is 1.74. The Morgan fingerprint density at radius 3 is 3.00 bits per heavy atom. The van der Waals surface area contributed by atoms with Crippen LogP contribution in [0.1, 0.15) is 31.0 Å². The van der Waals surface area contributed by atoms with Gasteiger partial charge in [-0.3, -0.25) is 5.10 Å². The van der Waals surface area contributed by atoms with Crippen LogP contribution in [-0.4, -0.2) is 10.2 Å². The van der Waals surface area contributed by atoms with Crippen LogP contribution < -0.4 is 0 Å². The monoisotopic (exact) mass is 231 g/mol. The van der Waals surface area contributed by atoms with Gasteiger partial charge in [0.15, 0.2) is 5.76 Å². The van der Waals surface area contributed by atoms with E-state index in [1.165, 1.54) is 0 Å². The lowest BCUT2D eigenvalue weighted by Gasteiger charge is -2.04. The highest BCUT2D eigenvalue weighted by atomic mass is 16.3. The molecule has 0 radical (unpaired) electrons. The molecule has 0 amide bonds. The van der Waals surface area contributed by atoms with E-state index in [9.17, 15) is 0 Å². The lowest BCUT2D eigenvalue weighted by Crippen LogP contribution is -1.93. The normalized spacial score (nSPS) is 10.5. The zero-order chi connectivity index (χ0) is 12.3. The molecule has 0 spiro atoms. The molecule has 88 valence electrons. The third-order valence-corrected chi connectivity index (χ3v) is 2.52. The quantitative estimate of drug-likeness (QED) is 0.494. The number of aromatic nitrogens is 2. The summed E-state index contributed by atoms with van der Waals surface area (Å²) in [7, 11) is 0. The summed E-state index contributed by atoms with van der Waals surface area (Å²) in [6, 6.07) is 3.64. The van der Waals surface area contributed by atoms with Crippen molar-refractivity contribution in [3.8, 4) is 11.5 Å². The molecule has 6 heteroatoms. The fourth-order valence-corrected chi connectivity index (χ4v) is 1.74. The van der Waals surface area contributed by atoms with Crippen LogP contribution in [0.3, 0.4) is 0 Å². The number of nitrogens with zero attached hydrogens (tertiary/aromatic N) is 4. The molecule has 6 nitrogen and oxygen atoms in total. The molecule has 2 aromatic heterocycles. The average Bonchev–Trinajstić information content (AvgIpc) is 2.94. The van der Waals surface area contributed by atoms with Crippen LogP contribution in [-0.2, 0) is 6.54 Å². The molecule has 2 rings (SSSR count). The minimum atomic E-state index is 0.274. The number of furan rings is 1. The number of hydrogen-bond donors (Lipinski definition) is 1. The zero-order valence-electron chi connectivity index (χ0n) is 9.71. The highest BCUT2D eigenvalue weighted by molar-refractivity contribution is 5.58. The van der Waals surface area contributed by atoms with Crippen molar-refractivity contribution in [2.45, 2.75) is 26.3 Å². The van der Waals surface area contributed by atoms with Crippen LogP contribution in [0.15, 0.2) is 27.9 Å². The van der Waals surface area contributed by atoms with Gasteiger partial charge in [-0.15, -0.1) is 0 Å². The van der Waals surface area contributed by atoms with Gasteiger partial charge in [0.25, 0.3) is 0 Å². The number of aromatic amines is 1. The van der Waals surface area contributed by atoms with Gasteiger partial charge < -0.3 is 4.42 Å². The Morgan fingerprint density at radius 1 is 1.59 bits per heavy atom. The van der Waals surface area contributed by atoms with E-state index in [0.717, 1.165) is 11.3 Å². The van der Waals surface area contributed by atoms with Gasteiger partial charge in [0.05, 0.1) is 12.8 Å². The second-order valence-electron chi connectivity index (χ2n) is 3.99. The Labute approximate surface area is 98.3 Å². The van der Waals surface area contributed by atoms with Gasteiger partial charge in [-0.25, -0.2) is 0 Å². The van der Waals surface area contributed by atoms with Crippen molar-refractivity contribution in [1.82, 2.24) is 10.2 Å². The summed E-state index contributed by atoms with van der Waals surface area (Å²) >= 11 is 0. The Morgan fingerprint density at radius 2 is 2.41 bits per heavy atom. The van der Waals surface area contributed by atoms with Crippen molar-refractivity contribution >= 4 is 0 Å². The number of hydrogen-bond acceptors (Lipinski definition) is 3. The molecular weight excluding hydrogens is 218 g/mol. The predicted octanol–water partition coefficient (Wildman–Crippen LogP) is 3.60.